The van der Waals surface area contributed by atoms with Gasteiger partial charge in [0.25, 0.3) is 0 Å². The van der Waals surface area contributed by atoms with Crippen LogP contribution in [0, 0.1) is 5.41 Å². The molecule has 1 fully saturated rings. The average Bonchev–Trinajstić information content (AvgIpc) is 3.02. The van der Waals surface area contributed by atoms with E-state index in [0.717, 1.165) is 10.9 Å². The first-order valence-electron chi connectivity index (χ1n) is 7.01. The lowest BCUT2D eigenvalue weighted by Crippen LogP contribution is -2.37. The number of halogens is 3. The zero-order valence-corrected chi connectivity index (χ0v) is 12.6. The Hall–Kier alpha value is -2.26. The number of hydrogen-bond acceptors (Lipinski definition) is 3. The van der Waals surface area contributed by atoms with Gasteiger partial charge in [0.2, 0.25) is 0 Å². The lowest BCUT2D eigenvalue weighted by atomic mass is 9.90. The molecule has 1 aliphatic heterocycles. The van der Waals surface area contributed by atoms with Crippen molar-refractivity contribution < 1.29 is 27.9 Å². The SMILES string of the molecule is CCn1ncc(NC(=O)N2CCC(C)(C(=O)O)C2)c1C(F)(F)F. The second-order valence-electron chi connectivity index (χ2n) is 5.69. The zero-order valence-electron chi connectivity index (χ0n) is 12.6. The molecular weight excluding hydrogens is 317 g/mol. The molecule has 10 heteroatoms. The normalized spacial score (nSPS) is 21.5. The van der Waals surface area contributed by atoms with Gasteiger partial charge in [-0.25, -0.2) is 4.79 Å². The van der Waals surface area contributed by atoms with Crippen LogP contribution in [0.4, 0.5) is 23.7 Å². The van der Waals surface area contributed by atoms with Crippen LogP contribution in [-0.2, 0) is 17.5 Å². The van der Waals surface area contributed by atoms with Gasteiger partial charge in [-0.1, -0.05) is 0 Å². The Labute approximate surface area is 130 Å². The molecular formula is C13H17F3N4O3. The first-order chi connectivity index (χ1) is 10.6. The molecule has 0 aliphatic carbocycles. The van der Waals surface area contributed by atoms with Crippen LogP contribution in [0.3, 0.4) is 0 Å². The van der Waals surface area contributed by atoms with Crippen molar-refractivity contribution in [2.24, 2.45) is 5.41 Å². The molecule has 0 radical (unpaired) electrons. The Morgan fingerprint density at radius 2 is 2.13 bits per heavy atom. The fraction of sp³-hybridized carbons (Fsp3) is 0.615. The number of amides is 2. The van der Waals surface area contributed by atoms with Gasteiger partial charge in [-0.05, 0) is 20.3 Å². The minimum atomic E-state index is -4.66. The number of anilines is 1. The molecule has 7 nitrogen and oxygen atoms in total. The highest BCUT2D eigenvalue weighted by Crippen LogP contribution is 2.35. The molecule has 1 saturated heterocycles. The number of alkyl halides is 3. The maximum absolute atomic E-state index is 13.1. The molecule has 2 amide bonds. The monoisotopic (exact) mass is 334 g/mol. The van der Waals surface area contributed by atoms with E-state index >= 15 is 0 Å². The molecule has 0 bridgehead atoms. The number of aryl methyl sites for hydroxylation is 1. The van der Waals surface area contributed by atoms with Crippen molar-refractivity contribution >= 4 is 17.7 Å². The van der Waals surface area contributed by atoms with Crippen molar-refractivity contribution in [2.45, 2.75) is 33.0 Å². The highest BCUT2D eigenvalue weighted by atomic mass is 19.4. The second kappa shape index (κ2) is 5.74. The minimum absolute atomic E-state index is 0.00547. The van der Waals surface area contributed by atoms with Gasteiger partial charge in [-0.2, -0.15) is 18.3 Å². The summed E-state index contributed by atoms with van der Waals surface area (Å²) in [6.45, 7) is 3.12. The molecule has 1 unspecified atom stereocenters. The predicted molar refractivity (Wildman–Crippen MR) is 73.9 cm³/mol. The fourth-order valence-corrected chi connectivity index (χ4v) is 2.52. The topological polar surface area (TPSA) is 87.5 Å². The van der Waals surface area contributed by atoms with Crippen LogP contribution < -0.4 is 5.32 Å². The zero-order chi connectivity index (χ0) is 17.4. The molecule has 2 N–H and O–H groups in total. The summed E-state index contributed by atoms with van der Waals surface area (Å²) < 4.78 is 40.0. The summed E-state index contributed by atoms with van der Waals surface area (Å²) >= 11 is 0. The van der Waals surface area contributed by atoms with E-state index in [1.54, 1.807) is 0 Å². The highest BCUT2D eigenvalue weighted by Gasteiger charge is 2.43. The van der Waals surface area contributed by atoms with E-state index in [1.807, 2.05) is 0 Å². The van der Waals surface area contributed by atoms with Gasteiger partial charge in [0, 0.05) is 19.6 Å². The van der Waals surface area contributed by atoms with E-state index in [1.165, 1.54) is 18.7 Å². The number of carbonyl (C=O) groups is 2. The van der Waals surface area contributed by atoms with Gasteiger partial charge in [-0.15, -0.1) is 0 Å². The first kappa shape index (κ1) is 17.1. The largest absolute Gasteiger partial charge is 0.481 e. The number of carbonyl (C=O) groups excluding carboxylic acids is 1. The fourth-order valence-electron chi connectivity index (χ4n) is 2.52. The number of urea groups is 1. The maximum Gasteiger partial charge on any atom is 0.435 e. The van der Waals surface area contributed by atoms with Gasteiger partial charge in [0.05, 0.1) is 17.3 Å². The number of nitrogens with zero attached hydrogens (tertiary/aromatic N) is 3. The number of aromatic nitrogens is 2. The van der Waals surface area contributed by atoms with Crippen molar-refractivity contribution in [3.63, 3.8) is 0 Å². The molecule has 2 heterocycles. The number of aliphatic carboxylic acids is 1. The van der Waals surface area contributed by atoms with Crippen LogP contribution in [0.25, 0.3) is 0 Å². The van der Waals surface area contributed by atoms with Crippen LogP contribution >= 0.6 is 0 Å². The third-order valence-electron chi connectivity index (χ3n) is 3.93. The number of likely N-dealkylation sites (tertiary alicyclic amines) is 1. The van der Waals surface area contributed by atoms with Gasteiger partial charge >= 0.3 is 18.2 Å². The summed E-state index contributed by atoms with van der Waals surface area (Å²) in [4.78, 5) is 24.5. The first-order valence-corrected chi connectivity index (χ1v) is 7.01. The van der Waals surface area contributed by atoms with Crippen LogP contribution in [0.5, 0.6) is 0 Å². The van der Waals surface area contributed by atoms with Gasteiger partial charge in [0.15, 0.2) is 5.69 Å². The van der Waals surface area contributed by atoms with E-state index < -0.39 is 35.0 Å². The lowest BCUT2D eigenvalue weighted by molar-refractivity contribution is -0.147. The molecule has 0 saturated carbocycles. The Kier molecular flexibility index (Phi) is 4.27. The highest BCUT2D eigenvalue weighted by molar-refractivity contribution is 5.91. The second-order valence-corrected chi connectivity index (χ2v) is 5.69. The third-order valence-corrected chi connectivity index (χ3v) is 3.93. The number of nitrogens with one attached hydrogen (secondary N) is 1. The van der Waals surface area contributed by atoms with Gasteiger partial charge in [-0.3, -0.25) is 9.48 Å². The van der Waals surface area contributed by atoms with E-state index in [4.69, 9.17) is 5.11 Å². The molecule has 1 aromatic rings. The van der Waals surface area contributed by atoms with Crippen molar-refractivity contribution in [1.29, 1.82) is 0 Å². The van der Waals surface area contributed by atoms with Crippen molar-refractivity contribution in [2.75, 3.05) is 18.4 Å². The Bertz CT molecular complexity index is 628. The summed E-state index contributed by atoms with van der Waals surface area (Å²) in [5.74, 6) is -1.04. The summed E-state index contributed by atoms with van der Waals surface area (Å²) in [7, 11) is 0. The minimum Gasteiger partial charge on any atom is -0.481 e. The molecule has 128 valence electrons. The van der Waals surface area contributed by atoms with Crippen molar-refractivity contribution in [3.05, 3.63) is 11.9 Å². The molecule has 1 aliphatic rings. The molecule has 2 rings (SSSR count). The quantitative estimate of drug-likeness (QED) is 0.887. The lowest BCUT2D eigenvalue weighted by Gasteiger charge is -2.20. The third kappa shape index (κ3) is 3.25. The van der Waals surface area contributed by atoms with Gasteiger partial charge in [0.1, 0.15) is 0 Å². The molecule has 1 aromatic heterocycles. The molecule has 0 spiro atoms. The number of hydrogen-bond donors (Lipinski definition) is 2. The molecule has 1 atom stereocenters. The van der Waals surface area contributed by atoms with E-state index in [-0.39, 0.29) is 26.1 Å². The summed E-state index contributed by atoms with van der Waals surface area (Å²) in [6.07, 6.45) is -3.47. The number of rotatable bonds is 3. The van der Waals surface area contributed by atoms with Crippen LogP contribution in [0.2, 0.25) is 0 Å². The van der Waals surface area contributed by atoms with Crippen LogP contribution in [0.1, 0.15) is 26.0 Å². The van der Waals surface area contributed by atoms with E-state index in [2.05, 4.69) is 10.4 Å². The number of carboxylic acid groups (broad SMARTS) is 1. The van der Waals surface area contributed by atoms with Gasteiger partial charge < -0.3 is 15.3 Å². The van der Waals surface area contributed by atoms with Crippen LogP contribution in [0.15, 0.2) is 6.20 Å². The molecule has 0 aromatic carbocycles. The smallest absolute Gasteiger partial charge is 0.435 e. The van der Waals surface area contributed by atoms with Crippen molar-refractivity contribution in [1.82, 2.24) is 14.7 Å². The van der Waals surface area contributed by atoms with Crippen LogP contribution in [-0.4, -0.2) is 44.9 Å². The van der Waals surface area contributed by atoms with E-state index in [0.29, 0.717) is 0 Å². The summed E-state index contributed by atoms with van der Waals surface area (Å²) in [6, 6.07) is -0.767. The predicted octanol–water partition coefficient (Wildman–Crippen LogP) is 2.25. The van der Waals surface area contributed by atoms with E-state index in [9.17, 15) is 22.8 Å². The Balaban J connectivity index is 2.16. The standard InChI is InChI=1S/C13H17F3N4O3/c1-3-20-9(13(14,15)16)8(6-17-20)18-11(23)19-5-4-12(2,7-19)10(21)22/h6H,3-5,7H2,1-2H3,(H,18,23)(H,21,22). The van der Waals surface area contributed by atoms with Crippen molar-refractivity contribution in [3.8, 4) is 0 Å². The molecule has 23 heavy (non-hydrogen) atoms. The average molecular weight is 334 g/mol. The summed E-state index contributed by atoms with van der Waals surface area (Å²) in [5, 5.41) is 14.9. The Morgan fingerprint density at radius 3 is 2.61 bits per heavy atom. The summed E-state index contributed by atoms with van der Waals surface area (Å²) in [5.41, 5.74) is -2.56. The maximum atomic E-state index is 13.1. The Morgan fingerprint density at radius 1 is 1.48 bits per heavy atom. The number of carboxylic acids is 1.